The highest BCUT2D eigenvalue weighted by molar-refractivity contribution is 5.89. The molecule has 0 aliphatic carbocycles. The average Bonchev–Trinajstić information content (AvgIpc) is 2.96. The second-order valence-electron chi connectivity index (χ2n) is 10.1. The lowest BCUT2D eigenvalue weighted by Crippen LogP contribution is -2.62. The minimum Gasteiger partial charge on any atom is -0.508 e. The van der Waals surface area contributed by atoms with Crippen LogP contribution in [0.2, 0.25) is 0 Å². The summed E-state index contributed by atoms with van der Waals surface area (Å²) >= 11 is 0. The first-order valence-corrected chi connectivity index (χ1v) is 12.9. The number of phenols is 3. The second-order valence-corrected chi connectivity index (χ2v) is 10.1. The molecule has 2 aliphatic rings. The van der Waals surface area contributed by atoms with E-state index in [1.807, 2.05) is 0 Å². The van der Waals surface area contributed by atoms with Crippen LogP contribution in [0.3, 0.4) is 0 Å². The van der Waals surface area contributed by atoms with Crippen molar-refractivity contribution in [3.63, 3.8) is 0 Å². The van der Waals surface area contributed by atoms with Crippen LogP contribution >= 0.6 is 0 Å². The van der Waals surface area contributed by atoms with Gasteiger partial charge < -0.3 is 69.7 Å². The van der Waals surface area contributed by atoms with Gasteiger partial charge in [-0.05, 0) is 24.3 Å². The Morgan fingerprint density at radius 3 is 2.00 bits per heavy atom. The molecule has 10 N–H and O–H groups in total. The number of aliphatic hydroxyl groups is 7. The van der Waals surface area contributed by atoms with Gasteiger partial charge in [0, 0.05) is 17.7 Å². The van der Waals surface area contributed by atoms with Gasteiger partial charge in [-0.25, -0.2) is 0 Å². The van der Waals surface area contributed by atoms with E-state index < -0.39 is 102 Å². The summed E-state index contributed by atoms with van der Waals surface area (Å²) in [6, 6.07) is 7.41. The number of ether oxygens (including phenoxy) is 3. The number of hydrogen-bond acceptors (Lipinski definition) is 15. The van der Waals surface area contributed by atoms with Gasteiger partial charge in [0.2, 0.25) is 0 Å². The normalized spacial score (nSPS) is 33.6. The van der Waals surface area contributed by atoms with Gasteiger partial charge in [0.05, 0.1) is 18.8 Å². The van der Waals surface area contributed by atoms with Crippen LogP contribution in [-0.2, 0) is 14.2 Å². The summed E-state index contributed by atoms with van der Waals surface area (Å²) in [5.41, 5.74) is -1.21. The fourth-order valence-corrected chi connectivity index (χ4v) is 5.17. The maximum absolute atomic E-state index is 13.1. The van der Waals surface area contributed by atoms with Crippen LogP contribution < -0.4 is 5.43 Å². The van der Waals surface area contributed by atoms with Crippen molar-refractivity contribution < 1.29 is 69.7 Å². The Hall–Kier alpha value is -3.35. The van der Waals surface area contributed by atoms with Crippen LogP contribution in [0.15, 0.2) is 45.6 Å². The molecule has 228 valence electrons. The Kier molecular flexibility index (Phi) is 8.41. The van der Waals surface area contributed by atoms with Crippen LogP contribution in [-0.4, -0.2) is 119 Å². The summed E-state index contributed by atoms with van der Waals surface area (Å²) in [6.45, 7) is -1.61. The van der Waals surface area contributed by atoms with Gasteiger partial charge in [0.1, 0.15) is 83.3 Å². The molecule has 1 aromatic heterocycles. The summed E-state index contributed by atoms with van der Waals surface area (Å²) in [4.78, 5) is 13.1. The molecule has 0 radical (unpaired) electrons. The molecule has 3 heterocycles. The third kappa shape index (κ3) is 5.20. The molecule has 2 aliphatic heterocycles. The third-order valence-corrected chi connectivity index (χ3v) is 7.44. The van der Waals surface area contributed by atoms with E-state index >= 15 is 0 Å². The molecule has 0 amide bonds. The topological polar surface area (TPSA) is 260 Å². The van der Waals surface area contributed by atoms with E-state index in [4.69, 9.17) is 18.6 Å². The van der Waals surface area contributed by atoms with Crippen LogP contribution in [0.25, 0.3) is 22.3 Å². The maximum atomic E-state index is 13.1. The zero-order valence-corrected chi connectivity index (χ0v) is 21.7. The Balaban J connectivity index is 1.66. The minimum absolute atomic E-state index is 0.0553. The molecule has 10 atom stereocenters. The van der Waals surface area contributed by atoms with Crippen molar-refractivity contribution in [1.29, 1.82) is 0 Å². The molecule has 3 aromatic rings. The Morgan fingerprint density at radius 1 is 0.738 bits per heavy atom. The highest BCUT2D eigenvalue weighted by atomic mass is 16.7. The molecule has 0 bridgehead atoms. The lowest BCUT2D eigenvalue weighted by molar-refractivity contribution is -0.342. The van der Waals surface area contributed by atoms with E-state index in [0.29, 0.717) is 5.56 Å². The maximum Gasteiger partial charge on any atom is 0.197 e. The summed E-state index contributed by atoms with van der Waals surface area (Å²) in [5.74, 6) is -1.50. The largest absolute Gasteiger partial charge is 0.508 e. The molecule has 2 saturated heterocycles. The molecule has 5 rings (SSSR count). The number of aromatic hydroxyl groups is 3. The van der Waals surface area contributed by atoms with Crippen LogP contribution in [0.1, 0.15) is 11.7 Å². The summed E-state index contributed by atoms with van der Waals surface area (Å²) in [7, 11) is 0. The van der Waals surface area contributed by atoms with Crippen LogP contribution in [0, 0.1) is 0 Å². The number of benzene rings is 2. The van der Waals surface area contributed by atoms with Crippen molar-refractivity contribution in [3.05, 3.63) is 52.2 Å². The van der Waals surface area contributed by atoms with E-state index in [-0.39, 0.29) is 17.1 Å². The van der Waals surface area contributed by atoms with Gasteiger partial charge in [-0.15, -0.1) is 0 Å². The number of phenolic OH excluding ortho intramolecular Hbond substituents is 3. The van der Waals surface area contributed by atoms with Crippen molar-refractivity contribution in [2.75, 3.05) is 13.2 Å². The van der Waals surface area contributed by atoms with Gasteiger partial charge >= 0.3 is 0 Å². The van der Waals surface area contributed by atoms with E-state index in [9.17, 15) is 55.9 Å². The zero-order valence-electron chi connectivity index (χ0n) is 21.7. The molecule has 15 heteroatoms. The molecule has 42 heavy (non-hydrogen) atoms. The third-order valence-electron chi connectivity index (χ3n) is 7.44. The zero-order chi connectivity index (χ0) is 30.5. The molecule has 0 unspecified atom stereocenters. The fourth-order valence-electron chi connectivity index (χ4n) is 5.17. The van der Waals surface area contributed by atoms with Gasteiger partial charge in [0.15, 0.2) is 17.3 Å². The predicted molar refractivity (Wildman–Crippen MR) is 138 cm³/mol. The highest BCUT2D eigenvalue weighted by Gasteiger charge is 2.52. The molecule has 0 spiro atoms. The molecule has 2 fully saturated rings. The van der Waals surface area contributed by atoms with Gasteiger partial charge in [-0.3, -0.25) is 4.79 Å². The first-order valence-electron chi connectivity index (χ1n) is 12.9. The smallest absolute Gasteiger partial charge is 0.197 e. The van der Waals surface area contributed by atoms with Crippen molar-refractivity contribution in [3.8, 4) is 28.6 Å². The SMILES string of the molecule is O=c1cc(-c2ccc(O)cc2)oc2c([C@H]3O[C@@H](CO)[C@@H](O)[C@@H](O)[C@@H]3O[C@H]3O[C@@H](CO)[C@@H](O)[C@@H](O)[C@H]3O)c(O)cc(O)c12. The number of aliphatic hydroxyl groups excluding tert-OH is 7. The minimum atomic E-state index is -1.92. The fraction of sp³-hybridized carbons (Fsp3) is 0.444. The molecule has 15 nitrogen and oxygen atoms in total. The molecule has 2 aromatic carbocycles. The first kappa shape index (κ1) is 30.1. The predicted octanol–water partition coefficient (Wildman–Crippen LogP) is -2.08. The number of rotatable bonds is 6. The standard InChI is InChI=1S/C27H30O15/c28-7-15-20(35)22(37)26(42-27-23(38)21(36)19(34)16(8-29)41-27)25(40-15)18-12(32)5-11(31)17-13(33)6-14(39-24(17)18)9-1-3-10(30)4-2-9/h1-6,15-16,19-23,25-32,34-38H,7-8H2/t15-,16-,19+,20+,21+,22+,23+,25+,26-,27+/m0/s1. The van der Waals surface area contributed by atoms with Gasteiger partial charge in [0.25, 0.3) is 0 Å². The van der Waals surface area contributed by atoms with Gasteiger partial charge in [-0.1, -0.05) is 0 Å². The Labute approximate surface area is 236 Å². The summed E-state index contributed by atoms with van der Waals surface area (Å²) in [5, 5.41) is 103. The average molecular weight is 595 g/mol. The van der Waals surface area contributed by atoms with Crippen molar-refractivity contribution in [2.45, 2.75) is 61.2 Å². The lowest BCUT2D eigenvalue weighted by Gasteiger charge is -2.46. The first-order chi connectivity index (χ1) is 20.0. The number of fused-ring (bicyclic) bond motifs is 1. The van der Waals surface area contributed by atoms with Crippen molar-refractivity contribution in [2.24, 2.45) is 0 Å². The van der Waals surface area contributed by atoms with Crippen LogP contribution in [0.4, 0.5) is 0 Å². The lowest BCUT2D eigenvalue weighted by atomic mass is 9.89. The second kappa shape index (κ2) is 11.7. The Morgan fingerprint density at radius 2 is 1.36 bits per heavy atom. The summed E-state index contributed by atoms with van der Waals surface area (Å²) in [6.07, 6.45) is -17.3. The highest BCUT2D eigenvalue weighted by Crippen LogP contribution is 2.45. The molecular formula is C27H30O15. The number of hydrogen-bond donors (Lipinski definition) is 10. The van der Waals surface area contributed by atoms with E-state index in [2.05, 4.69) is 0 Å². The van der Waals surface area contributed by atoms with Crippen molar-refractivity contribution >= 4 is 11.0 Å². The molecular weight excluding hydrogens is 564 g/mol. The summed E-state index contributed by atoms with van der Waals surface area (Å²) < 4.78 is 22.9. The quantitative estimate of drug-likeness (QED) is 0.147. The van der Waals surface area contributed by atoms with E-state index in [1.165, 1.54) is 24.3 Å². The van der Waals surface area contributed by atoms with Gasteiger partial charge in [-0.2, -0.15) is 0 Å². The Bertz CT molecular complexity index is 1470. The van der Waals surface area contributed by atoms with E-state index in [1.54, 1.807) is 0 Å². The van der Waals surface area contributed by atoms with Crippen molar-refractivity contribution in [1.82, 2.24) is 0 Å². The van der Waals surface area contributed by atoms with E-state index in [0.717, 1.165) is 12.1 Å². The van der Waals surface area contributed by atoms with Crippen LogP contribution in [0.5, 0.6) is 17.2 Å². The molecule has 0 saturated carbocycles. The monoisotopic (exact) mass is 594 g/mol.